The zero-order valence-corrected chi connectivity index (χ0v) is 13.2. The number of sulfonamides is 1. The average Bonchev–Trinajstić information content (AvgIpc) is 2.45. The lowest BCUT2D eigenvalue weighted by atomic mass is 10.1. The van der Waals surface area contributed by atoms with E-state index in [1.165, 1.54) is 12.1 Å². The van der Waals surface area contributed by atoms with Crippen LogP contribution in [0.2, 0.25) is 0 Å². The Morgan fingerprint density at radius 3 is 2.38 bits per heavy atom. The molecule has 1 aromatic rings. The van der Waals surface area contributed by atoms with Crippen molar-refractivity contribution in [2.75, 3.05) is 6.54 Å². The fourth-order valence-corrected chi connectivity index (χ4v) is 3.00. The molecule has 0 aliphatic carbocycles. The van der Waals surface area contributed by atoms with E-state index < -0.39 is 16.0 Å². The summed E-state index contributed by atoms with van der Waals surface area (Å²) in [5.41, 5.74) is 0.819. The van der Waals surface area contributed by atoms with Crippen LogP contribution in [0.3, 0.4) is 0 Å². The number of nitrogens with one attached hydrogen (secondary N) is 1. The smallest absolute Gasteiger partial charge is 0.303 e. The summed E-state index contributed by atoms with van der Waals surface area (Å²) in [7, 11) is -3.46. The molecule has 0 spiro atoms. The van der Waals surface area contributed by atoms with Crippen LogP contribution in [0.5, 0.6) is 0 Å². The zero-order valence-electron chi connectivity index (χ0n) is 12.3. The number of hydrogen-bond donors (Lipinski definition) is 2. The third-order valence-corrected chi connectivity index (χ3v) is 4.66. The van der Waals surface area contributed by atoms with E-state index in [1.807, 2.05) is 0 Å². The maximum Gasteiger partial charge on any atom is 0.303 e. The molecule has 0 amide bonds. The van der Waals surface area contributed by atoms with Crippen LogP contribution in [0, 0.1) is 0 Å². The van der Waals surface area contributed by atoms with E-state index in [2.05, 4.69) is 11.6 Å². The number of unbranched alkanes of at least 4 members (excludes halogenated alkanes) is 3. The van der Waals surface area contributed by atoms with E-state index in [0.717, 1.165) is 31.2 Å². The molecule has 0 saturated carbocycles. The van der Waals surface area contributed by atoms with Crippen LogP contribution in [0.4, 0.5) is 0 Å². The summed E-state index contributed by atoms with van der Waals surface area (Å²) in [6.45, 7) is 2.55. The van der Waals surface area contributed by atoms with Crippen molar-refractivity contribution in [3.63, 3.8) is 0 Å². The normalized spacial score (nSPS) is 11.5. The molecule has 0 atom stereocenters. The van der Waals surface area contributed by atoms with E-state index >= 15 is 0 Å². The standard InChI is InChI=1S/C15H23NO4S/c1-2-3-4-5-12-16-21(19,20)14-9-6-13(7-10-14)8-11-15(17)18/h6-7,9-10,16H,2-5,8,11-12H2,1H3,(H,17,18). The first kappa shape index (κ1) is 17.7. The number of benzene rings is 1. The first-order chi connectivity index (χ1) is 9.95. The number of aliphatic carboxylic acids is 1. The molecule has 0 saturated heterocycles. The molecular formula is C15H23NO4S. The Morgan fingerprint density at radius 1 is 1.14 bits per heavy atom. The molecule has 0 aromatic heterocycles. The van der Waals surface area contributed by atoms with Crippen molar-refractivity contribution in [3.05, 3.63) is 29.8 Å². The van der Waals surface area contributed by atoms with Gasteiger partial charge in [-0.2, -0.15) is 0 Å². The molecule has 118 valence electrons. The van der Waals surface area contributed by atoms with Crippen molar-refractivity contribution in [2.24, 2.45) is 0 Å². The molecule has 2 N–H and O–H groups in total. The second kappa shape index (κ2) is 8.79. The number of carboxylic acid groups (broad SMARTS) is 1. The molecule has 0 unspecified atom stereocenters. The Kier molecular flexibility index (Phi) is 7.39. The molecule has 0 heterocycles. The van der Waals surface area contributed by atoms with Crippen molar-refractivity contribution in [3.8, 4) is 0 Å². The van der Waals surface area contributed by atoms with Gasteiger partial charge in [-0.3, -0.25) is 4.79 Å². The van der Waals surface area contributed by atoms with Gasteiger partial charge in [0.15, 0.2) is 0 Å². The highest BCUT2D eigenvalue weighted by molar-refractivity contribution is 7.89. The summed E-state index contributed by atoms with van der Waals surface area (Å²) < 4.78 is 26.7. The number of carbonyl (C=O) groups is 1. The summed E-state index contributed by atoms with van der Waals surface area (Å²) in [6.07, 6.45) is 4.53. The van der Waals surface area contributed by atoms with E-state index in [4.69, 9.17) is 5.11 Å². The van der Waals surface area contributed by atoms with Crippen molar-refractivity contribution in [1.29, 1.82) is 0 Å². The Morgan fingerprint density at radius 2 is 1.81 bits per heavy atom. The maximum atomic E-state index is 12.0. The topological polar surface area (TPSA) is 83.5 Å². The largest absolute Gasteiger partial charge is 0.481 e. The Bertz CT molecular complexity index is 537. The van der Waals surface area contributed by atoms with Crippen LogP contribution in [0.1, 0.15) is 44.6 Å². The Hall–Kier alpha value is -1.40. The molecule has 21 heavy (non-hydrogen) atoms. The highest BCUT2D eigenvalue weighted by Gasteiger charge is 2.12. The Balaban J connectivity index is 2.52. The van der Waals surface area contributed by atoms with Crippen molar-refractivity contribution in [1.82, 2.24) is 4.72 Å². The fraction of sp³-hybridized carbons (Fsp3) is 0.533. The average molecular weight is 313 g/mol. The van der Waals surface area contributed by atoms with Crippen molar-refractivity contribution < 1.29 is 18.3 Å². The Labute approximate surface area is 126 Å². The van der Waals surface area contributed by atoms with E-state index in [9.17, 15) is 13.2 Å². The molecule has 1 rings (SSSR count). The van der Waals surface area contributed by atoms with Gasteiger partial charge in [0.2, 0.25) is 10.0 Å². The van der Waals surface area contributed by atoms with Crippen LogP contribution in [-0.2, 0) is 21.2 Å². The van der Waals surface area contributed by atoms with Crippen LogP contribution < -0.4 is 4.72 Å². The summed E-state index contributed by atoms with van der Waals surface area (Å²) >= 11 is 0. The van der Waals surface area contributed by atoms with E-state index in [0.29, 0.717) is 13.0 Å². The SMILES string of the molecule is CCCCCCNS(=O)(=O)c1ccc(CCC(=O)O)cc1. The van der Waals surface area contributed by atoms with Gasteiger partial charge in [-0.15, -0.1) is 0 Å². The number of aryl methyl sites for hydroxylation is 1. The monoisotopic (exact) mass is 313 g/mol. The lowest BCUT2D eigenvalue weighted by Crippen LogP contribution is -2.24. The van der Waals surface area contributed by atoms with Crippen LogP contribution in [0.15, 0.2) is 29.2 Å². The quantitative estimate of drug-likeness (QED) is 0.650. The molecule has 0 radical (unpaired) electrons. The van der Waals surface area contributed by atoms with Crippen molar-refractivity contribution >= 4 is 16.0 Å². The third kappa shape index (κ3) is 6.73. The second-order valence-electron chi connectivity index (χ2n) is 5.00. The van der Waals surface area contributed by atoms with E-state index in [-0.39, 0.29) is 11.3 Å². The van der Waals surface area contributed by atoms with Gasteiger partial charge in [-0.1, -0.05) is 38.3 Å². The van der Waals surface area contributed by atoms with E-state index in [1.54, 1.807) is 12.1 Å². The van der Waals surface area contributed by atoms with Gasteiger partial charge in [-0.05, 0) is 30.5 Å². The minimum absolute atomic E-state index is 0.0434. The van der Waals surface area contributed by atoms with Gasteiger partial charge in [0, 0.05) is 13.0 Å². The van der Waals surface area contributed by atoms with Gasteiger partial charge in [0.05, 0.1) is 4.90 Å². The first-order valence-electron chi connectivity index (χ1n) is 7.26. The summed E-state index contributed by atoms with van der Waals surface area (Å²) in [5, 5.41) is 8.61. The molecular weight excluding hydrogens is 290 g/mol. The predicted molar refractivity (Wildman–Crippen MR) is 81.7 cm³/mol. The number of carboxylic acids is 1. The van der Waals surface area contributed by atoms with Crippen LogP contribution in [-0.4, -0.2) is 26.0 Å². The minimum atomic E-state index is -3.46. The van der Waals surface area contributed by atoms with Gasteiger partial charge in [0.25, 0.3) is 0 Å². The molecule has 1 aromatic carbocycles. The molecule has 0 aliphatic heterocycles. The number of hydrogen-bond acceptors (Lipinski definition) is 3. The number of rotatable bonds is 10. The van der Waals surface area contributed by atoms with Crippen LogP contribution in [0.25, 0.3) is 0 Å². The van der Waals surface area contributed by atoms with Crippen LogP contribution >= 0.6 is 0 Å². The zero-order chi connectivity index (χ0) is 15.7. The van der Waals surface area contributed by atoms with Gasteiger partial charge >= 0.3 is 5.97 Å². The predicted octanol–water partition coefficient (Wildman–Crippen LogP) is 2.56. The lowest BCUT2D eigenvalue weighted by molar-refractivity contribution is -0.136. The highest BCUT2D eigenvalue weighted by atomic mass is 32.2. The first-order valence-corrected chi connectivity index (χ1v) is 8.74. The highest BCUT2D eigenvalue weighted by Crippen LogP contribution is 2.12. The lowest BCUT2D eigenvalue weighted by Gasteiger charge is -2.07. The summed E-state index contributed by atoms with van der Waals surface area (Å²) in [6, 6.07) is 6.36. The summed E-state index contributed by atoms with van der Waals surface area (Å²) in [4.78, 5) is 10.7. The van der Waals surface area contributed by atoms with Gasteiger partial charge in [0.1, 0.15) is 0 Å². The summed E-state index contributed by atoms with van der Waals surface area (Å²) in [5.74, 6) is -0.861. The molecule has 0 fully saturated rings. The van der Waals surface area contributed by atoms with Crippen molar-refractivity contribution in [2.45, 2.75) is 50.3 Å². The fourth-order valence-electron chi connectivity index (χ4n) is 1.93. The molecule has 5 nitrogen and oxygen atoms in total. The molecule has 6 heteroatoms. The molecule has 0 bridgehead atoms. The maximum absolute atomic E-state index is 12.0. The minimum Gasteiger partial charge on any atom is -0.481 e. The second-order valence-corrected chi connectivity index (χ2v) is 6.76. The third-order valence-electron chi connectivity index (χ3n) is 3.18. The van der Waals surface area contributed by atoms with Gasteiger partial charge in [-0.25, -0.2) is 13.1 Å². The van der Waals surface area contributed by atoms with Gasteiger partial charge < -0.3 is 5.11 Å². The molecule has 0 aliphatic rings.